The number of carboxylic acids is 1. The standard InChI is InChI=1S/C13H18N2O3/c1-8(2)12-10(13(16)17)7-14-11(15-12)6-9-4-3-5-18-9/h7-9H,3-6H2,1-2H3,(H,16,17). The third kappa shape index (κ3) is 2.85. The molecule has 1 fully saturated rings. The molecule has 1 aliphatic rings. The molecular formula is C13H18N2O3. The molecule has 0 saturated carbocycles. The summed E-state index contributed by atoms with van der Waals surface area (Å²) < 4.78 is 5.54. The first-order valence-corrected chi connectivity index (χ1v) is 6.28. The maximum atomic E-state index is 11.1. The van der Waals surface area contributed by atoms with Crippen LogP contribution in [0.3, 0.4) is 0 Å². The number of rotatable bonds is 4. The summed E-state index contributed by atoms with van der Waals surface area (Å²) in [6.45, 7) is 4.67. The van der Waals surface area contributed by atoms with Crippen LogP contribution in [0.2, 0.25) is 0 Å². The minimum absolute atomic E-state index is 0.0716. The fourth-order valence-corrected chi connectivity index (χ4v) is 2.15. The van der Waals surface area contributed by atoms with Gasteiger partial charge in [-0.2, -0.15) is 0 Å². The Balaban J connectivity index is 2.22. The van der Waals surface area contributed by atoms with Gasteiger partial charge in [-0.25, -0.2) is 14.8 Å². The highest BCUT2D eigenvalue weighted by atomic mass is 16.5. The van der Waals surface area contributed by atoms with Gasteiger partial charge in [0.2, 0.25) is 0 Å². The summed E-state index contributed by atoms with van der Waals surface area (Å²) >= 11 is 0. The van der Waals surface area contributed by atoms with Gasteiger partial charge >= 0.3 is 5.97 Å². The van der Waals surface area contributed by atoms with Gasteiger partial charge in [-0.15, -0.1) is 0 Å². The molecule has 0 aliphatic carbocycles. The molecule has 2 rings (SSSR count). The Morgan fingerprint density at radius 3 is 2.94 bits per heavy atom. The van der Waals surface area contributed by atoms with E-state index in [9.17, 15) is 4.79 Å². The molecule has 2 heterocycles. The quantitative estimate of drug-likeness (QED) is 0.885. The van der Waals surface area contributed by atoms with E-state index in [0.29, 0.717) is 17.9 Å². The molecule has 5 heteroatoms. The zero-order valence-corrected chi connectivity index (χ0v) is 10.7. The van der Waals surface area contributed by atoms with Crippen LogP contribution < -0.4 is 0 Å². The largest absolute Gasteiger partial charge is 0.478 e. The van der Waals surface area contributed by atoms with Crippen LogP contribution in [-0.2, 0) is 11.2 Å². The van der Waals surface area contributed by atoms with Gasteiger partial charge in [0.05, 0.1) is 17.4 Å². The summed E-state index contributed by atoms with van der Waals surface area (Å²) in [5.41, 5.74) is 0.798. The third-order valence-electron chi connectivity index (χ3n) is 3.08. The van der Waals surface area contributed by atoms with E-state index in [1.165, 1.54) is 6.20 Å². The average Bonchev–Trinajstić information content (AvgIpc) is 2.81. The van der Waals surface area contributed by atoms with Gasteiger partial charge in [-0.3, -0.25) is 0 Å². The number of hydrogen-bond donors (Lipinski definition) is 1. The number of hydrogen-bond acceptors (Lipinski definition) is 4. The molecule has 0 bridgehead atoms. The Bertz CT molecular complexity index is 440. The van der Waals surface area contributed by atoms with Gasteiger partial charge < -0.3 is 9.84 Å². The van der Waals surface area contributed by atoms with E-state index in [1.54, 1.807) is 0 Å². The maximum Gasteiger partial charge on any atom is 0.339 e. The first-order valence-electron chi connectivity index (χ1n) is 6.28. The van der Waals surface area contributed by atoms with Crippen molar-refractivity contribution in [1.29, 1.82) is 0 Å². The number of ether oxygens (including phenoxy) is 1. The monoisotopic (exact) mass is 250 g/mol. The van der Waals surface area contributed by atoms with Crippen LogP contribution in [0.15, 0.2) is 6.20 Å². The van der Waals surface area contributed by atoms with Crippen molar-refractivity contribution in [3.8, 4) is 0 Å². The molecule has 18 heavy (non-hydrogen) atoms. The van der Waals surface area contributed by atoms with E-state index >= 15 is 0 Å². The number of carbonyl (C=O) groups is 1. The summed E-state index contributed by atoms with van der Waals surface area (Å²) in [5.74, 6) is -0.222. The molecule has 98 valence electrons. The van der Waals surface area contributed by atoms with Crippen LogP contribution in [-0.4, -0.2) is 33.8 Å². The molecule has 0 aromatic carbocycles. The van der Waals surface area contributed by atoms with Crippen LogP contribution in [0.5, 0.6) is 0 Å². The second-order valence-corrected chi connectivity index (χ2v) is 4.88. The van der Waals surface area contributed by atoms with E-state index in [-0.39, 0.29) is 17.6 Å². The molecule has 0 radical (unpaired) electrons. The third-order valence-corrected chi connectivity index (χ3v) is 3.08. The van der Waals surface area contributed by atoms with E-state index in [0.717, 1.165) is 19.4 Å². The molecule has 0 amide bonds. The molecule has 5 nitrogen and oxygen atoms in total. The lowest BCUT2D eigenvalue weighted by Crippen LogP contribution is -2.15. The van der Waals surface area contributed by atoms with Crippen molar-refractivity contribution in [2.45, 2.75) is 45.1 Å². The van der Waals surface area contributed by atoms with E-state index in [1.807, 2.05) is 13.8 Å². The smallest absolute Gasteiger partial charge is 0.339 e. The molecule has 1 aromatic heterocycles. The fourth-order valence-electron chi connectivity index (χ4n) is 2.15. The van der Waals surface area contributed by atoms with Gasteiger partial charge in [-0.05, 0) is 18.8 Å². The number of nitrogens with zero attached hydrogens (tertiary/aromatic N) is 2. The van der Waals surface area contributed by atoms with Crippen LogP contribution in [0, 0.1) is 0 Å². The average molecular weight is 250 g/mol. The van der Waals surface area contributed by atoms with Gasteiger partial charge in [0.1, 0.15) is 5.82 Å². The van der Waals surface area contributed by atoms with E-state index in [4.69, 9.17) is 9.84 Å². The zero-order chi connectivity index (χ0) is 13.1. The number of carboxylic acid groups (broad SMARTS) is 1. The Labute approximate surface area is 106 Å². The van der Waals surface area contributed by atoms with Gasteiger partial charge in [0.25, 0.3) is 0 Å². The van der Waals surface area contributed by atoms with Crippen molar-refractivity contribution in [1.82, 2.24) is 9.97 Å². The lowest BCUT2D eigenvalue weighted by molar-refractivity contribution is 0.0694. The van der Waals surface area contributed by atoms with E-state index in [2.05, 4.69) is 9.97 Å². The molecule has 1 aliphatic heterocycles. The molecule has 1 aromatic rings. The van der Waals surface area contributed by atoms with E-state index < -0.39 is 5.97 Å². The lowest BCUT2D eigenvalue weighted by Gasteiger charge is -2.12. The second-order valence-electron chi connectivity index (χ2n) is 4.88. The van der Waals surface area contributed by atoms with Crippen molar-refractivity contribution >= 4 is 5.97 Å². The van der Waals surface area contributed by atoms with Gasteiger partial charge in [0.15, 0.2) is 0 Å². The van der Waals surface area contributed by atoms with Crippen molar-refractivity contribution in [3.63, 3.8) is 0 Å². The molecular weight excluding hydrogens is 232 g/mol. The number of aromatic carboxylic acids is 1. The Hall–Kier alpha value is -1.49. The van der Waals surface area contributed by atoms with Crippen molar-refractivity contribution in [2.24, 2.45) is 0 Å². The minimum atomic E-state index is -0.970. The number of aromatic nitrogens is 2. The first-order chi connectivity index (χ1) is 8.58. The fraction of sp³-hybridized carbons (Fsp3) is 0.615. The van der Waals surface area contributed by atoms with Crippen LogP contribution in [0.25, 0.3) is 0 Å². The highest BCUT2D eigenvalue weighted by Crippen LogP contribution is 2.19. The van der Waals surface area contributed by atoms with Crippen LogP contribution in [0.1, 0.15) is 54.5 Å². The Kier molecular flexibility index (Phi) is 3.91. The Morgan fingerprint density at radius 2 is 2.39 bits per heavy atom. The lowest BCUT2D eigenvalue weighted by atomic mass is 10.0. The highest BCUT2D eigenvalue weighted by Gasteiger charge is 2.20. The van der Waals surface area contributed by atoms with Gasteiger partial charge in [-0.1, -0.05) is 13.8 Å². The molecule has 0 spiro atoms. The predicted molar refractivity (Wildman–Crippen MR) is 65.8 cm³/mol. The summed E-state index contributed by atoms with van der Waals surface area (Å²) in [4.78, 5) is 19.6. The summed E-state index contributed by atoms with van der Waals surface area (Å²) in [6, 6.07) is 0. The molecule has 1 unspecified atom stereocenters. The van der Waals surface area contributed by atoms with Crippen LogP contribution >= 0.6 is 0 Å². The maximum absolute atomic E-state index is 11.1. The molecule has 1 saturated heterocycles. The Morgan fingerprint density at radius 1 is 1.61 bits per heavy atom. The van der Waals surface area contributed by atoms with Crippen molar-refractivity contribution in [2.75, 3.05) is 6.61 Å². The first kappa shape index (κ1) is 13.0. The topological polar surface area (TPSA) is 72.3 Å². The van der Waals surface area contributed by atoms with Gasteiger partial charge in [0, 0.05) is 19.2 Å². The summed E-state index contributed by atoms with van der Waals surface area (Å²) in [6.07, 6.45) is 4.37. The minimum Gasteiger partial charge on any atom is -0.478 e. The summed E-state index contributed by atoms with van der Waals surface area (Å²) in [7, 11) is 0. The normalized spacial score (nSPS) is 19.4. The van der Waals surface area contributed by atoms with Crippen molar-refractivity contribution in [3.05, 3.63) is 23.3 Å². The summed E-state index contributed by atoms with van der Waals surface area (Å²) in [5, 5.41) is 9.08. The van der Waals surface area contributed by atoms with Crippen molar-refractivity contribution < 1.29 is 14.6 Å². The highest BCUT2D eigenvalue weighted by molar-refractivity contribution is 5.88. The van der Waals surface area contributed by atoms with Crippen LogP contribution in [0.4, 0.5) is 0 Å². The second kappa shape index (κ2) is 5.44. The SMILES string of the molecule is CC(C)c1nc(CC2CCCO2)ncc1C(=O)O. The molecule has 1 atom stereocenters. The molecule has 1 N–H and O–H groups in total. The zero-order valence-electron chi connectivity index (χ0n) is 10.7. The predicted octanol–water partition coefficient (Wildman–Crippen LogP) is 2.02.